The molecule has 2 atom stereocenters. The number of alkyl halides is 5. The van der Waals surface area contributed by atoms with Gasteiger partial charge in [-0.15, -0.1) is 0 Å². The van der Waals surface area contributed by atoms with Crippen LogP contribution in [0.25, 0.3) is 0 Å². The van der Waals surface area contributed by atoms with Crippen molar-refractivity contribution >= 4 is 17.6 Å². The number of unbranched alkanes of at least 4 members (excludes halogenated alkanes) is 1. The van der Waals surface area contributed by atoms with Crippen LogP contribution in [0.1, 0.15) is 45.4 Å². The maximum atomic E-state index is 13.2. The van der Waals surface area contributed by atoms with Gasteiger partial charge in [0.05, 0.1) is 6.10 Å². The van der Waals surface area contributed by atoms with E-state index < -0.39 is 36.4 Å². The van der Waals surface area contributed by atoms with Crippen LogP contribution >= 0.6 is 11.6 Å². The number of ether oxygens (including phenoxy) is 1. The van der Waals surface area contributed by atoms with E-state index >= 15 is 0 Å². The molecule has 0 aliphatic rings. The van der Waals surface area contributed by atoms with Crippen molar-refractivity contribution in [1.82, 2.24) is 0 Å². The van der Waals surface area contributed by atoms with Gasteiger partial charge in [0.1, 0.15) is 6.61 Å². The Bertz CT molecular complexity index is 295. The van der Waals surface area contributed by atoms with Gasteiger partial charge >= 0.3 is 12.1 Å². The van der Waals surface area contributed by atoms with Crippen LogP contribution in [-0.2, 0) is 9.53 Å². The minimum absolute atomic E-state index is 0.0402. The van der Waals surface area contributed by atoms with Crippen molar-refractivity contribution in [2.24, 2.45) is 0 Å². The molecule has 0 aliphatic heterocycles. The lowest BCUT2D eigenvalue weighted by molar-refractivity contribution is -0.186. The van der Waals surface area contributed by atoms with E-state index in [4.69, 9.17) is 21.4 Å². The summed E-state index contributed by atoms with van der Waals surface area (Å²) in [5.41, 5.74) is 0. The molecule has 0 aliphatic carbocycles. The van der Waals surface area contributed by atoms with E-state index in [9.17, 15) is 22.4 Å². The van der Waals surface area contributed by atoms with E-state index in [1.807, 2.05) is 6.92 Å². The molecule has 0 heterocycles. The number of carboxylic acids is 1. The largest absolute Gasteiger partial charge is 0.478 e. The molecule has 0 aromatic carbocycles. The molecular weight excluding hydrogens is 304 g/mol. The van der Waals surface area contributed by atoms with Crippen molar-refractivity contribution < 1.29 is 32.2 Å². The molecule has 8 heteroatoms. The number of rotatable bonds is 10. The number of hydrogen-bond acceptors (Lipinski definition) is 2. The van der Waals surface area contributed by atoms with Crippen molar-refractivity contribution in [1.29, 1.82) is 0 Å². The van der Waals surface area contributed by atoms with E-state index in [-0.39, 0.29) is 12.8 Å². The monoisotopic (exact) mass is 322 g/mol. The molecule has 0 saturated carbocycles. The van der Waals surface area contributed by atoms with Crippen LogP contribution in [0, 0.1) is 0 Å². The van der Waals surface area contributed by atoms with E-state index in [2.05, 4.69) is 0 Å². The van der Waals surface area contributed by atoms with E-state index in [0.29, 0.717) is 12.8 Å². The van der Waals surface area contributed by atoms with Crippen LogP contribution in [0.15, 0.2) is 0 Å². The second kappa shape index (κ2) is 8.67. The lowest BCUT2D eigenvalue weighted by atomic mass is 10.0. The highest BCUT2D eigenvalue weighted by Crippen LogP contribution is 2.26. The average molecular weight is 323 g/mol. The molecule has 3 nitrogen and oxygen atoms in total. The molecule has 2 unspecified atom stereocenters. The average Bonchev–Trinajstić information content (AvgIpc) is 2.30. The van der Waals surface area contributed by atoms with Crippen molar-refractivity contribution in [3.63, 3.8) is 0 Å². The molecule has 120 valence electrons. The number of carboxylic acid groups (broad SMARTS) is 1. The zero-order chi connectivity index (χ0) is 15.8. The molecule has 0 radical (unpaired) electrons. The smallest absolute Gasteiger partial charge is 0.411 e. The van der Waals surface area contributed by atoms with Crippen molar-refractivity contribution in [3.05, 3.63) is 0 Å². The van der Waals surface area contributed by atoms with Gasteiger partial charge in [-0.25, -0.2) is 9.18 Å². The SMILES string of the molecule is CCCCC(CCCC(F)(Cl)C(=O)O)OCC(F)(F)F. The molecule has 20 heavy (non-hydrogen) atoms. The Morgan fingerprint density at radius 2 is 1.80 bits per heavy atom. The van der Waals surface area contributed by atoms with E-state index in [1.54, 1.807) is 0 Å². The van der Waals surface area contributed by atoms with Gasteiger partial charge in [0.2, 0.25) is 0 Å². The van der Waals surface area contributed by atoms with Gasteiger partial charge in [0, 0.05) is 6.42 Å². The van der Waals surface area contributed by atoms with Crippen LogP contribution in [0.3, 0.4) is 0 Å². The molecule has 0 fully saturated rings. The third-order valence-corrected chi connectivity index (χ3v) is 3.04. The Morgan fingerprint density at radius 1 is 1.25 bits per heavy atom. The normalized spacial score (nSPS) is 16.7. The lowest BCUT2D eigenvalue weighted by Gasteiger charge is -2.20. The first kappa shape index (κ1) is 19.4. The number of carbonyl (C=O) groups is 1. The summed E-state index contributed by atoms with van der Waals surface area (Å²) in [6, 6.07) is 0. The summed E-state index contributed by atoms with van der Waals surface area (Å²) >= 11 is 5.12. The first-order valence-corrected chi connectivity index (χ1v) is 6.76. The summed E-state index contributed by atoms with van der Waals surface area (Å²) in [4.78, 5) is 10.4. The van der Waals surface area contributed by atoms with Gasteiger partial charge < -0.3 is 9.84 Å². The van der Waals surface area contributed by atoms with Crippen molar-refractivity contribution in [3.8, 4) is 0 Å². The van der Waals surface area contributed by atoms with Gasteiger partial charge in [-0.05, 0) is 19.3 Å². The van der Waals surface area contributed by atoms with Crippen LogP contribution in [-0.4, -0.2) is 35.1 Å². The van der Waals surface area contributed by atoms with E-state index in [0.717, 1.165) is 6.42 Å². The Labute approximate surface area is 120 Å². The highest BCUT2D eigenvalue weighted by Gasteiger charge is 2.35. The summed E-state index contributed by atoms with van der Waals surface area (Å²) in [5, 5.41) is 5.60. The van der Waals surface area contributed by atoms with Crippen LogP contribution in [0.2, 0.25) is 0 Å². The summed E-state index contributed by atoms with van der Waals surface area (Å²) in [7, 11) is 0. The van der Waals surface area contributed by atoms with Gasteiger partial charge in [-0.2, -0.15) is 13.2 Å². The second-order valence-corrected chi connectivity index (χ2v) is 5.19. The second-order valence-electron chi connectivity index (χ2n) is 4.59. The minimum atomic E-state index is -4.41. The van der Waals surface area contributed by atoms with E-state index in [1.165, 1.54) is 0 Å². The number of aliphatic carboxylic acids is 1. The van der Waals surface area contributed by atoms with Crippen LogP contribution < -0.4 is 0 Å². The molecule has 0 aromatic heterocycles. The maximum absolute atomic E-state index is 13.2. The first-order valence-electron chi connectivity index (χ1n) is 6.38. The fraction of sp³-hybridized carbons (Fsp3) is 0.917. The topological polar surface area (TPSA) is 46.5 Å². The summed E-state index contributed by atoms with van der Waals surface area (Å²) < 4.78 is 54.2. The van der Waals surface area contributed by atoms with Crippen LogP contribution in [0.5, 0.6) is 0 Å². The van der Waals surface area contributed by atoms with Gasteiger partial charge in [0.25, 0.3) is 5.13 Å². The third kappa shape index (κ3) is 9.36. The molecule has 0 bridgehead atoms. The third-order valence-electron chi connectivity index (χ3n) is 2.69. The van der Waals surface area contributed by atoms with Crippen molar-refractivity contribution in [2.75, 3.05) is 6.61 Å². The molecule has 0 rings (SSSR count). The standard InChI is InChI=1S/C12H19ClF4O3/c1-2-3-5-9(20-8-12(15,16)17)6-4-7-11(13,14)10(18)19/h9H,2-8H2,1H3,(H,18,19). The van der Waals surface area contributed by atoms with Crippen LogP contribution in [0.4, 0.5) is 17.6 Å². The lowest BCUT2D eigenvalue weighted by Crippen LogP contribution is -2.28. The molecule has 0 spiro atoms. The van der Waals surface area contributed by atoms with Gasteiger partial charge in [-0.1, -0.05) is 31.4 Å². The zero-order valence-electron chi connectivity index (χ0n) is 11.2. The Balaban J connectivity index is 4.19. The summed E-state index contributed by atoms with van der Waals surface area (Å²) in [6.45, 7) is 0.526. The number of halogens is 5. The van der Waals surface area contributed by atoms with Crippen molar-refractivity contribution in [2.45, 2.75) is 62.9 Å². The number of hydrogen-bond donors (Lipinski definition) is 1. The molecule has 0 saturated heterocycles. The molecular formula is C12H19ClF4O3. The zero-order valence-corrected chi connectivity index (χ0v) is 11.9. The Kier molecular flexibility index (Phi) is 8.42. The summed E-state index contributed by atoms with van der Waals surface area (Å²) in [6.07, 6.45) is -3.48. The predicted molar refractivity (Wildman–Crippen MR) is 66.5 cm³/mol. The quantitative estimate of drug-likeness (QED) is 0.482. The molecule has 0 aromatic rings. The Hall–Kier alpha value is -0.560. The summed E-state index contributed by atoms with van der Waals surface area (Å²) in [5.74, 6) is -1.79. The molecule has 1 N–H and O–H groups in total. The predicted octanol–water partition coefficient (Wildman–Crippen LogP) is 4.28. The fourth-order valence-corrected chi connectivity index (χ4v) is 1.75. The highest BCUT2D eigenvalue weighted by molar-refractivity contribution is 6.32. The first-order chi connectivity index (χ1) is 9.08. The highest BCUT2D eigenvalue weighted by atomic mass is 35.5. The van der Waals surface area contributed by atoms with Gasteiger partial charge in [-0.3, -0.25) is 0 Å². The maximum Gasteiger partial charge on any atom is 0.411 e. The Morgan fingerprint density at radius 3 is 2.25 bits per heavy atom. The van der Waals surface area contributed by atoms with Gasteiger partial charge in [0.15, 0.2) is 0 Å². The molecule has 0 amide bonds. The fourth-order valence-electron chi connectivity index (χ4n) is 1.61. The minimum Gasteiger partial charge on any atom is -0.478 e.